The number of amides is 1. The Labute approximate surface area is 172 Å². The average molecular weight is 430 g/mol. The van der Waals surface area contributed by atoms with Gasteiger partial charge in [0.25, 0.3) is 5.91 Å². The molecular formula is C19H31N3O4S2. The Hall–Kier alpha value is -1.00. The molecule has 1 aromatic rings. The summed E-state index contributed by atoms with van der Waals surface area (Å²) in [5, 5.41) is 3.05. The van der Waals surface area contributed by atoms with Crippen LogP contribution in [0, 0.1) is 6.92 Å². The first-order valence-corrected chi connectivity index (χ1v) is 12.6. The highest BCUT2D eigenvalue weighted by molar-refractivity contribution is 7.88. The highest BCUT2D eigenvalue weighted by Gasteiger charge is 2.32. The number of nitrogens with one attached hydrogen (secondary N) is 1. The molecule has 3 heterocycles. The van der Waals surface area contributed by atoms with Gasteiger partial charge >= 0.3 is 0 Å². The summed E-state index contributed by atoms with van der Waals surface area (Å²) in [6.45, 7) is 6.06. The van der Waals surface area contributed by atoms with E-state index >= 15 is 0 Å². The van der Waals surface area contributed by atoms with E-state index in [1.165, 1.54) is 17.6 Å². The fourth-order valence-electron chi connectivity index (χ4n) is 4.13. The minimum Gasteiger partial charge on any atom is -0.381 e. The smallest absolute Gasteiger partial charge is 0.261 e. The van der Waals surface area contributed by atoms with E-state index < -0.39 is 10.0 Å². The van der Waals surface area contributed by atoms with Crippen molar-refractivity contribution in [2.45, 2.75) is 44.7 Å². The fourth-order valence-corrected chi connectivity index (χ4v) is 5.79. The fraction of sp³-hybridized carbons (Fsp3) is 0.737. The highest BCUT2D eigenvalue weighted by Crippen LogP contribution is 2.24. The number of hydrogen-bond donors (Lipinski definition) is 1. The van der Waals surface area contributed by atoms with Crippen molar-refractivity contribution in [2.75, 3.05) is 45.6 Å². The van der Waals surface area contributed by atoms with Gasteiger partial charge < -0.3 is 10.1 Å². The van der Waals surface area contributed by atoms with Crippen LogP contribution in [0.1, 0.15) is 40.2 Å². The molecule has 2 aliphatic rings. The van der Waals surface area contributed by atoms with Gasteiger partial charge in [0, 0.05) is 56.4 Å². The van der Waals surface area contributed by atoms with Gasteiger partial charge in [0.1, 0.15) is 0 Å². The van der Waals surface area contributed by atoms with Gasteiger partial charge in [0.05, 0.1) is 11.1 Å². The number of rotatable bonds is 7. The number of sulfonamides is 1. The lowest BCUT2D eigenvalue weighted by Crippen LogP contribution is -2.53. The molecule has 0 atom stereocenters. The molecule has 0 aliphatic carbocycles. The molecule has 3 rings (SSSR count). The molecule has 0 radical (unpaired) electrons. The maximum Gasteiger partial charge on any atom is 0.261 e. The van der Waals surface area contributed by atoms with Crippen molar-refractivity contribution in [1.82, 2.24) is 14.5 Å². The van der Waals surface area contributed by atoms with Crippen molar-refractivity contribution >= 4 is 27.3 Å². The number of ether oxygens (including phenoxy) is 1. The molecule has 2 saturated heterocycles. The number of thiophene rings is 1. The highest BCUT2D eigenvalue weighted by atomic mass is 32.2. The molecule has 9 heteroatoms. The molecule has 158 valence electrons. The van der Waals surface area contributed by atoms with Gasteiger partial charge in [-0.2, -0.15) is 0 Å². The third-order valence-corrected chi connectivity index (χ3v) is 7.94. The number of piperidine rings is 1. The molecule has 0 aromatic carbocycles. The minimum absolute atomic E-state index is 0.0167. The quantitative estimate of drug-likeness (QED) is 0.714. The molecule has 0 bridgehead atoms. The van der Waals surface area contributed by atoms with Crippen molar-refractivity contribution in [2.24, 2.45) is 0 Å². The van der Waals surface area contributed by atoms with Crippen LogP contribution in [0.4, 0.5) is 0 Å². The first-order valence-electron chi connectivity index (χ1n) is 9.98. The summed E-state index contributed by atoms with van der Waals surface area (Å²) in [6.07, 6.45) is 4.94. The van der Waals surface area contributed by atoms with Crippen LogP contribution in [-0.2, 0) is 14.8 Å². The monoisotopic (exact) mass is 429 g/mol. The number of hydrogen-bond acceptors (Lipinski definition) is 6. The van der Waals surface area contributed by atoms with Crippen LogP contribution in [0.25, 0.3) is 0 Å². The maximum atomic E-state index is 12.3. The second-order valence-electron chi connectivity index (χ2n) is 7.64. The predicted molar refractivity (Wildman–Crippen MR) is 111 cm³/mol. The topological polar surface area (TPSA) is 79.0 Å². The molecule has 2 fully saturated rings. The lowest BCUT2D eigenvalue weighted by Gasteiger charge is -2.43. The Kier molecular flexibility index (Phi) is 7.49. The lowest BCUT2D eigenvalue weighted by atomic mass is 9.98. The van der Waals surface area contributed by atoms with Gasteiger partial charge in [-0.3, -0.25) is 9.69 Å². The Morgan fingerprint density at radius 2 is 1.86 bits per heavy atom. The van der Waals surface area contributed by atoms with Crippen molar-refractivity contribution in [3.63, 3.8) is 0 Å². The van der Waals surface area contributed by atoms with Crippen LogP contribution < -0.4 is 5.32 Å². The van der Waals surface area contributed by atoms with E-state index in [0.29, 0.717) is 31.7 Å². The molecule has 0 unspecified atom stereocenters. The molecule has 0 spiro atoms. The number of nitrogens with zero attached hydrogens (tertiary/aromatic N) is 2. The molecule has 7 nitrogen and oxygen atoms in total. The van der Waals surface area contributed by atoms with E-state index in [1.807, 2.05) is 19.1 Å². The summed E-state index contributed by atoms with van der Waals surface area (Å²) in [5.74, 6) is -0.0167. The maximum absolute atomic E-state index is 12.3. The molecule has 1 N–H and O–H groups in total. The SMILES string of the molecule is Cc1ccc(C(=O)NCCN(C2CCOCC2)C2CCN(S(C)(=O)=O)CC2)s1. The summed E-state index contributed by atoms with van der Waals surface area (Å²) in [4.78, 5) is 16.7. The first-order chi connectivity index (χ1) is 13.3. The van der Waals surface area contributed by atoms with Gasteiger partial charge in [-0.15, -0.1) is 11.3 Å². The molecule has 1 amide bonds. The molecule has 2 aliphatic heterocycles. The number of carbonyl (C=O) groups excluding carboxylic acids is 1. The van der Waals surface area contributed by atoms with Crippen LogP contribution in [-0.4, -0.2) is 81.3 Å². The lowest BCUT2D eigenvalue weighted by molar-refractivity contribution is 0.00748. The third kappa shape index (κ3) is 5.76. The standard InChI is InChI=1S/C19H31N3O4S2/c1-15-3-4-18(27-15)19(23)20-9-12-22(17-7-13-26-14-8-17)16-5-10-21(11-6-16)28(2,24)25/h3-4,16-17H,5-14H2,1-2H3,(H,20,23). The van der Waals surface area contributed by atoms with E-state index in [4.69, 9.17) is 4.74 Å². The van der Waals surface area contributed by atoms with Crippen LogP contribution in [0.3, 0.4) is 0 Å². The zero-order valence-corrected chi connectivity index (χ0v) is 18.4. The molecular weight excluding hydrogens is 398 g/mol. The molecule has 0 saturated carbocycles. The van der Waals surface area contributed by atoms with Gasteiger partial charge in [-0.25, -0.2) is 12.7 Å². The Morgan fingerprint density at radius 3 is 2.43 bits per heavy atom. The zero-order chi connectivity index (χ0) is 20.1. The third-order valence-electron chi connectivity index (χ3n) is 5.64. The number of aryl methyl sites for hydroxylation is 1. The second-order valence-corrected chi connectivity index (χ2v) is 10.9. The summed E-state index contributed by atoms with van der Waals surface area (Å²) in [5.41, 5.74) is 0. The predicted octanol–water partition coefficient (Wildman–Crippen LogP) is 1.69. The summed E-state index contributed by atoms with van der Waals surface area (Å²) in [6, 6.07) is 4.61. The van der Waals surface area contributed by atoms with Crippen molar-refractivity contribution in [3.05, 3.63) is 21.9 Å². The van der Waals surface area contributed by atoms with Crippen molar-refractivity contribution < 1.29 is 17.9 Å². The largest absolute Gasteiger partial charge is 0.381 e. The minimum atomic E-state index is -3.12. The van der Waals surface area contributed by atoms with Crippen LogP contribution in [0.2, 0.25) is 0 Å². The molecule has 28 heavy (non-hydrogen) atoms. The zero-order valence-electron chi connectivity index (χ0n) is 16.7. The van der Waals surface area contributed by atoms with E-state index in [9.17, 15) is 13.2 Å². The van der Waals surface area contributed by atoms with Gasteiger partial charge in [-0.1, -0.05) is 0 Å². The van der Waals surface area contributed by atoms with E-state index in [2.05, 4.69) is 10.2 Å². The van der Waals surface area contributed by atoms with Crippen LogP contribution in [0.5, 0.6) is 0 Å². The summed E-state index contributed by atoms with van der Waals surface area (Å²) >= 11 is 1.51. The summed E-state index contributed by atoms with van der Waals surface area (Å²) < 4.78 is 30.7. The Morgan fingerprint density at radius 1 is 1.21 bits per heavy atom. The summed E-state index contributed by atoms with van der Waals surface area (Å²) in [7, 11) is -3.12. The first kappa shape index (κ1) is 21.7. The van der Waals surface area contributed by atoms with Crippen molar-refractivity contribution in [3.8, 4) is 0 Å². The average Bonchev–Trinajstić information content (AvgIpc) is 3.12. The second kappa shape index (κ2) is 9.67. The van der Waals surface area contributed by atoms with Gasteiger partial charge in [0.2, 0.25) is 10.0 Å². The van der Waals surface area contributed by atoms with E-state index in [0.717, 1.165) is 55.2 Å². The number of carbonyl (C=O) groups is 1. The van der Waals surface area contributed by atoms with Gasteiger partial charge in [-0.05, 0) is 44.7 Å². The van der Waals surface area contributed by atoms with Crippen LogP contribution >= 0.6 is 11.3 Å². The van der Waals surface area contributed by atoms with E-state index in [-0.39, 0.29) is 5.91 Å². The Bertz CT molecular complexity index is 751. The Balaban J connectivity index is 1.57. The van der Waals surface area contributed by atoms with E-state index in [1.54, 1.807) is 4.31 Å². The van der Waals surface area contributed by atoms with Crippen LogP contribution in [0.15, 0.2) is 12.1 Å². The van der Waals surface area contributed by atoms with Gasteiger partial charge in [0.15, 0.2) is 0 Å². The van der Waals surface area contributed by atoms with Crippen molar-refractivity contribution in [1.29, 1.82) is 0 Å². The molecule has 1 aromatic heterocycles. The normalized spacial score (nSPS) is 20.5.